The van der Waals surface area contributed by atoms with Gasteiger partial charge in [-0.1, -0.05) is 13.8 Å². The maximum Gasteiger partial charge on any atom is 0.293 e. The third-order valence-corrected chi connectivity index (χ3v) is 7.40. The van der Waals surface area contributed by atoms with Crippen LogP contribution in [0.25, 0.3) is 15.9 Å². The Bertz CT molecular complexity index is 1060. The normalized spacial score (nSPS) is 20.8. The summed E-state index contributed by atoms with van der Waals surface area (Å²) in [4.78, 5) is 29.3. The number of carbonyl (C=O) groups is 1. The fourth-order valence-corrected chi connectivity index (χ4v) is 5.96. The van der Waals surface area contributed by atoms with Crippen molar-refractivity contribution in [1.82, 2.24) is 29.4 Å². The van der Waals surface area contributed by atoms with Gasteiger partial charge in [-0.3, -0.25) is 4.79 Å². The summed E-state index contributed by atoms with van der Waals surface area (Å²) in [5.41, 5.74) is 2.18. The Kier molecular flexibility index (Phi) is 4.35. The summed E-state index contributed by atoms with van der Waals surface area (Å²) in [6.07, 6.45) is 3.55. The number of piperazine rings is 1. The number of rotatable bonds is 2. The number of likely N-dealkylation sites (N-methyl/N-ethyl adjacent to an activating group) is 1. The molecule has 0 bridgehead atoms. The molecule has 7 nitrogen and oxygen atoms in total. The lowest BCUT2D eigenvalue weighted by Crippen LogP contribution is -2.48. The number of nitrogens with zero attached hydrogens (tertiary/aromatic N) is 6. The molecule has 0 N–H and O–H groups in total. The second-order valence-electron chi connectivity index (χ2n) is 7.97. The number of aryl methyl sites for hydroxylation is 2. The molecule has 8 heteroatoms. The molecule has 148 valence electrons. The molecule has 28 heavy (non-hydrogen) atoms. The summed E-state index contributed by atoms with van der Waals surface area (Å²) >= 11 is 1.79. The maximum atomic E-state index is 13.1. The third kappa shape index (κ3) is 2.73. The average Bonchev–Trinajstić information content (AvgIpc) is 3.30. The van der Waals surface area contributed by atoms with E-state index in [1.54, 1.807) is 15.9 Å². The third-order valence-electron chi connectivity index (χ3n) is 6.24. The summed E-state index contributed by atoms with van der Waals surface area (Å²) in [5, 5.41) is 5.68. The molecule has 5 rings (SSSR count). The van der Waals surface area contributed by atoms with Gasteiger partial charge in [0.2, 0.25) is 5.82 Å². The van der Waals surface area contributed by atoms with Crippen molar-refractivity contribution in [3.05, 3.63) is 22.1 Å². The van der Waals surface area contributed by atoms with Crippen molar-refractivity contribution in [3.8, 4) is 0 Å². The SMILES string of the molecule is CCN1CCN(C(=O)c2nc3c4c5c(sc4nc(C)n3n2)CCC[C@@H]5C)CC1. The Morgan fingerprint density at radius 3 is 2.75 bits per heavy atom. The Morgan fingerprint density at radius 2 is 2.00 bits per heavy atom. The first kappa shape index (κ1) is 18.0. The lowest BCUT2D eigenvalue weighted by Gasteiger charge is -2.33. The molecule has 4 heterocycles. The van der Waals surface area contributed by atoms with E-state index in [1.165, 1.54) is 23.3 Å². The first-order valence-corrected chi connectivity index (χ1v) is 11.1. The van der Waals surface area contributed by atoms with Crippen molar-refractivity contribution in [2.45, 2.75) is 46.0 Å². The number of hydrogen-bond donors (Lipinski definition) is 0. The Hall–Kier alpha value is -2.06. The minimum absolute atomic E-state index is 0.0656. The van der Waals surface area contributed by atoms with E-state index in [-0.39, 0.29) is 5.91 Å². The van der Waals surface area contributed by atoms with Crippen LogP contribution in [0.15, 0.2) is 0 Å². The molecular formula is C20H26N6OS. The monoisotopic (exact) mass is 398 g/mol. The van der Waals surface area contributed by atoms with E-state index in [2.05, 4.69) is 23.8 Å². The van der Waals surface area contributed by atoms with Gasteiger partial charge in [-0.2, -0.15) is 4.52 Å². The van der Waals surface area contributed by atoms with Gasteiger partial charge < -0.3 is 9.80 Å². The Labute approximate surface area is 168 Å². The molecule has 1 amide bonds. The summed E-state index contributed by atoms with van der Waals surface area (Å²) in [6.45, 7) is 10.7. The highest BCUT2D eigenvalue weighted by Crippen LogP contribution is 2.42. The van der Waals surface area contributed by atoms with Crippen molar-refractivity contribution in [2.24, 2.45) is 0 Å². The van der Waals surface area contributed by atoms with Gasteiger partial charge in [0.15, 0.2) is 5.65 Å². The molecule has 3 aromatic rings. The smallest absolute Gasteiger partial charge is 0.293 e. The van der Waals surface area contributed by atoms with Crippen LogP contribution in [0.2, 0.25) is 0 Å². The molecule has 0 saturated carbocycles. The highest BCUT2D eigenvalue weighted by Gasteiger charge is 2.29. The summed E-state index contributed by atoms with van der Waals surface area (Å²) in [5.74, 6) is 1.52. The Balaban J connectivity index is 1.59. The average molecular weight is 399 g/mol. The number of carbonyl (C=O) groups excluding carboxylic acids is 1. The number of hydrogen-bond acceptors (Lipinski definition) is 6. The van der Waals surface area contributed by atoms with Crippen molar-refractivity contribution in [3.63, 3.8) is 0 Å². The highest BCUT2D eigenvalue weighted by atomic mass is 32.1. The van der Waals surface area contributed by atoms with Gasteiger partial charge in [0.25, 0.3) is 5.91 Å². The molecule has 1 saturated heterocycles. The molecular weight excluding hydrogens is 372 g/mol. The van der Waals surface area contributed by atoms with Crippen LogP contribution in [0.1, 0.15) is 59.5 Å². The van der Waals surface area contributed by atoms with Crippen LogP contribution in [0.3, 0.4) is 0 Å². The summed E-state index contributed by atoms with van der Waals surface area (Å²) < 4.78 is 1.77. The van der Waals surface area contributed by atoms with Crippen LogP contribution < -0.4 is 0 Å². The lowest BCUT2D eigenvalue weighted by molar-refractivity contribution is 0.0631. The van der Waals surface area contributed by atoms with Gasteiger partial charge in [-0.05, 0) is 44.2 Å². The van der Waals surface area contributed by atoms with E-state index in [1.807, 2.05) is 11.8 Å². The van der Waals surface area contributed by atoms with Crippen LogP contribution >= 0.6 is 11.3 Å². The maximum absolute atomic E-state index is 13.1. The van der Waals surface area contributed by atoms with Crippen LogP contribution in [0.4, 0.5) is 0 Å². The number of aromatic nitrogens is 4. The number of thiophene rings is 1. The predicted octanol–water partition coefficient (Wildman–Crippen LogP) is 2.86. The zero-order valence-electron chi connectivity index (χ0n) is 16.7. The molecule has 1 fully saturated rings. The van der Waals surface area contributed by atoms with Gasteiger partial charge in [0, 0.05) is 31.1 Å². The van der Waals surface area contributed by atoms with Gasteiger partial charge in [-0.15, -0.1) is 16.4 Å². The zero-order valence-corrected chi connectivity index (χ0v) is 17.6. The molecule has 0 radical (unpaired) electrons. The van der Waals surface area contributed by atoms with Gasteiger partial charge in [-0.25, -0.2) is 9.97 Å². The van der Waals surface area contributed by atoms with E-state index in [9.17, 15) is 4.79 Å². The first-order chi connectivity index (χ1) is 13.6. The minimum Gasteiger partial charge on any atom is -0.333 e. The van der Waals surface area contributed by atoms with Crippen LogP contribution in [-0.2, 0) is 6.42 Å². The van der Waals surface area contributed by atoms with E-state index >= 15 is 0 Å². The summed E-state index contributed by atoms with van der Waals surface area (Å²) in [7, 11) is 0. The van der Waals surface area contributed by atoms with Gasteiger partial charge >= 0.3 is 0 Å². The molecule has 1 atom stereocenters. The molecule has 0 unspecified atom stereocenters. The molecule has 0 aromatic carbocycles. The van der Waals surface area contributed by atoms with Crippen LogP contribution in [0, 0.1) is 6.92 Å². The van der Waals surface area contributed by atoms with E-state index < -0.39 is 0 Å². The van der Waals surface area contributed by atoms with Crippen molar-refractivity contribution in [2.75, 3.05) is 32.7 Å². The van der Waals surface area contributed by atoms with Crippen LogP contribution in [-0.4, -0.2) is 68.0 Å². The quantitative estimate of drug-likeness (QED) is 0.664. The molecule has 1 aliphatic carbocycles. The van der Waals surface area contributed by atoms with E-state index in [0.29, 0.717) is 11.7 Å². The standard InChI is InChI=1S/C20H26N6OS/c1-4-24-8-10-25(11-9-24)20(27)17-22-18-16-15-12(2)6-5-7-14(15)28-19(16)21-13(3)26(18)23-17/h12H,4-11H2,1-3H3/t12-/m0/s1. The lowest BCUT2D eigenvalue weighted by atomic mass is 9.87. The topological polar surface area (TPSA) is 66.6 Å². The van der Waals surface area contributed by atoms with Crippen molar-refractivity contribution >= 4 is 33.1 Å². The Morgan fingerprint density at radius 1 is 1.21 bits per heavy atom. The fourth-order valence-electron chi connectivity index (χ4n) is 4.59. The molecule has 3 aromatic heterocycles. The van der Waals surface area contributed by atoms with Gasteiger partial charge in [0.05, 0.1) is 5.39 Å². The molecule has 1 aliphatic heterocycles. The number of amides is 1. The second-order valence-corrected chi connectivity index (χ2v) is 9.05. The fraction of sp³-hybridized carbons (Fsp3) is 0.600. The largest absolute Gasteiger partial charge is 0.333 e. The van der Waals surface area contributed by atoms with Gasteiger partial charge in [0.1, 0.15) is 10.7 Å². The molecule has 2 aliphatic rings. The van der Waals surface area contributed by atoms with E-state index in [4.69, 9.17) is 9.97 Å². The highest BCUT2D eigenvalue weighted by molar-refractivity contribution is 7.19. The van der Waals surface area contributed by atoms with Crippen molar-refractivity contribution in [1.29, 1.82) is 0 Å². The number of fused-ring (bicyclic) bond motifs is 5. The molecule has 0 spiro atoms. The summed E-state index contributed by atoms with van der Waals surface area (Å²) in [6, 6.07) is 0. The predicted molar refractivity (Wildman–Crippen MR) is 110 cm³/mol. The van der Waals surface area contributed by atoms with E-state index in [0.717, 1.165) is 60.8 Å². The zero-order chi connectivity index (χ0) is 19.4. The van der Waals surface area contributed by atoms with Crippen molar-refractivity contribution < 1.29 is 4.79 Å². The van der Waals surface area contributed by atoms with Crippen LogP contribution in [0.5, 0.6) is 0 Å². The second kappa shape index (κ2) is 6.77. The minimum atomic E-state index is -0.0656. The first-order valence-electron chi connectivity index (χ1n) is 10.3.